The fourth-order valence-electron chi connectivity index (χ4n) is 1.96. The standard InChI is InChI=1S/C14H12Cl2N2/c15-11-4-2-1-3-10(11)7-14-17-12(9-5-6-9)8-13(16)18-14/h1-4,8-9H,5-7H2. The van der Waals surface area contributed by atoms with Gasteiger partial charge in [-0.3, -0.25) is 0 Å². The summed E-state index contributed by atoms with van der Waals surface area (Å²) in [5.41, 5.74) is 2.10. The maximum Gasteiger partial charge on any atom is 0.134 e. The van der Waals surface area contributed by atoms with Crippen LogP contribution in [0, 0.1) is 0 Å². The highest BCUT2D eigenvalue weighted by atomic mass is 35.5. The minimum atomic E-state index is 0.522. The normalized spacial score (nSPS) is 14.8. The van der Waals surface area contributed by atoms with Gasteiger partial charge in [0.05, 0.1) is 0 Å². The van der Waals surface area contributed by atoms with Crippen LogP contribution in [0.2, 0.25) is 10.2 Å². The molecule has 0 spiro atoms. The highest BCUT2D eigenvalue weighted by molar-refractivity contribution is 6.31. The lowest BCUT2D eigenvalue weighted by molar-refractivity contribution is 0.900. The number of nitrogens with zero attached hydrogens (tertiary/aromatic N) is 2. The third-order valence-corrected chi connectivity index (χ3v) is 3.63. The topological polar surface area (TPSA) is 25.8 Å². The minimum absolute atomic E-state index is 0.522. The van der Waals surface area contributed by atoms with E-state index in [4.69, 9.17) is 23.2 Å². The summed E-state index contributed by atoms with van der Waals surface area (Å²) in [6, 6.07) is 9.62. The average Bonchev–Trinajstić information content (AvgIpc) is 3.15. The second-order valence-electron chi connectivity index (χ2n) is 4.57. The monoisotopic (exact) mass is 278 g/mol. The summed E-state index contributed by atoms with van der Waals surface area (Å²) in [7, 11) is 0. The van der Waals surface area contributed by atoms with Gasteiger partial charge in [0.15, 0.2) is 0 Å². The van der Waals surface area contributed by atoms with E-state index < -0.39 is 0 Å². The van der Waals surface area contributed by atoms with Crippen LogP contribution in [0.5, 0.6) is 0 Å². The van der Waals surface area contributed by atoms with Crippen molar-refractivity contribution in [2.75, 3.05) is 0 Å². The van der Waals surface area contributed by atoms with E-state index >= 15 is 0 Å². The Balaban J connectivity index is 1.90. The number of benzene rings is 1. The number of aromatic nitrogens is 2. The van der Waals surface area contributed by atoms with E-state index in [9.17, 15) is 0 Å². The maximum atomic E-state index is 6.14. The fourth-order valence-corrected chi connectivity index (χ4v) is 2.38. The highest BCUT2D eigenvalue weighted by Crippen LogP contribution is 2.39. The van der Waals surface area contributed by atoms with Crippen LogP contribution in [0.25, 0.3) is 0 Å². The Labute approximate surface area is 116 Å². The Bertz CT molecular complexity index is 580. The number of hydrogen-bond acceptors (Lipinski definition) is 2. The van der Waals surface area contributed by atoms with E-state index in [2.05, 4.69) is 9.97 Å². The zero-order valence-corrected chi connectivity index (χ0v) is 11.2. The van der Waals surface area contributed by atoms with Crippen molar-refractivity contribution in [2.24, 2.45) is 0 Å². The van der Waals surface area contributed by atoms with Crippen LogP contribution in [-0.2, 0) is 6.42 Å². The molecule has 18 heavy (non-hydrogen) atoms. The molecule has 0 radical (unpaired) electrons. The predicted molar refractivity (Wildman–Crippen MR) is 73.3 cm³/mol. The van der Waals surface area contributed by atoms with E-state index in [0.717, 1.165) is 22.1 Å². The fraction of sp³-hybridized carbons (Fsp3) is 0.286. The summed E-state index contributed by atoms with van der Waals surface area (Å²) in [6.07, 6.45) is 3.04. The van der Waals surface area contributed by atoms with Crippen molar-refractivity contribution < 1.29 is 0 Å². The van der Waals surface area contributed by atoms with Crippen molar-refractivity contribution in [2.45, 2.75) is 25.2 Å². The zero-order chi connectivity index (χ0) is 12.5. The highest BCUT2D eigenvalue weighted by Gasteiger charge is 2.26. The average molecular weight is 279 g/mol. The molecule has 0 aliphatic heterocycles. The van der Waals surface area contributed by atoms with Gasteiger partial charge in [-0.25, -0.2) is 9.97 Å². The molecule has 1 aliphatic carbocycles. The molecule has 2 aromatic rings. The summed E-state index contributed by atoms with van der Waals surface area (Å²) in [5, 5.41) is 1.27. The van der Waals surface area contributed by atoms with Crippen molar-refractivity contribution >= 4 is 23.2 Å². The molecule has 3 rings (SSSR count). The maximum absolute atomic E-state index is 6.14. The quantitative estimate of drug-likeness (QED) is 0.785. The van der Waals surface area contributed by atoms with E-state index in [-0.39, 0.29) is 0 Å². The lowest BCUT2D eigenvalue weighted by Gasteiger charge is -2.05. The van der Waals surface area contributed by atoms with Crippen molar-refractivity contribution in [1.82, 2.24) is 9.97 Å². The smallest absolute Gasteiger partial charge is 0.134 e. The SMILES string of the molecule is Clc1cc(C2CC2)nc(Cc2ccccc2Cl)n1. The van der Waals surface area contributed by atoms with Gasteiger partial charge in [-0.15, -0.1) is 0 Å². The molecule has 2 nitrogen and oxygen atoms in total. The van der Waals surface area contributed by atoms with Crippen LogP contribution in [0.15, 0.2) is 30.3 Å². The first-order valence-electron chi connectivity index (χ1n) is 5.99. The molecule has 0 N–H and O–H groups in total. The van der Waals surface area contributed by atoms with Crippen LogP contribution in [0.3, 0.4) is 0 Å². The molecule has 0 bridgehead atoms. The number of rotatable bonds is 3. The summed E-state index contributed by atoms with van der Waals surface area (Å²) >= 11 is 12.2. The Morgan fingerprint density at radius 1 is 1.11 bits per heavy atom. The van der Waals surface area contributed by atoms with Crippen LogP contribution < -0.4 is 0 Å². The molecule has 0 saturated heterocycles. The molecule has 1 aromatic carbocycles. The van der Waals surface area contributed by atoms with Crippen molar-refractivity contribution in [3.63, 3.8) is 0 Å². The molecule has 1 aliphatic rings. The molecule has 1 aromatic heterocycles. The van der Waals surface area contributed by atoms with Gasteiger partial charge in [-0.2, -0.15) is 0 Å². The molecule has 1 fully saturated rings. The Hall–Kier alpha value is -1.12. The van der Waals surface area contributed by atoms with Gasteiger partial charge >= 0.3 is 0 Å². The van der Waals surface area contributed by atoms with Gasteiger partial charge < -0.3 is 0 Å². The van der Waals surface area contributed by atoms with E-state index in [0.29, 0.717) is 17.5 Å². The molecule has 92 valence electrons. The Morgan fingerprint density at radius 2 is 1.89 bits per heavy atom. The second kappa shape index (κ2) is 4.87. The van der Waals surface area contributed by atoms with Crippen molar-refractivity contribution in [1.29, 1.82) is 0 Å². The van der Waals surface area contributed by atoms with Gasteiger partial charge in [0.25, 0.3) is 0 Å². The molecular formula is C14H12Cl2N2. The number of halogens is 2. The molecule has 1 heterocycles. The molecule has 0 unspecified atom stereocenters. The van der Waals surface area contributed by atoms with E-state index in [1.54, 1.807) is 0 Å². The summed E-state index contributed by atoms with van der Waals surface area (Å²) in [4.78, 5) is 8.85. The van der Waals surface area contributed by atoms with Gasteiger partial charge in [0, 0.05) is 23.1 Å². The molecular weight excluding hydrogens is 267 g/mol. The molecule has 1 saturated carbocycles. The summed E-state index contributed by atoms with van der Waals surface area (Å²) < 4.78 is 0. The van der Waals surface area contributed by atoms with Crippen molar-refractivity contribution in [3.8, 4) is 0 Å². The Kier molecular flexibility index (Phi) is 3.23. The lowest BCUT2D eigenvalue weighted by Crippen LogP contribution is -2.00. The largest absolute Gasteiger partial charge is 0.237 e. The van der Waals surface area contributed by atoms with Crippen LogP contribution in [0.4, 0.5) is 0 Å². The first-order valence-corrected chi connectivity index (χ1v) is 6.75. The van der Waals surface area contributed by atoms with Gasteiger partial charge in [0.1, 0.15) is 11.0 Å². The van der Waals surface area contributed by atoms with Crippen molar-refractivity contribution in [3.05, 3.63) is 57.6 Å². The molecule has 0 amide bonds. The third kappa shape index (κ3) is 2.65. The summed E-state index contributed by atoms with van der Waals surface area (Å²) in [6.45, 7) is 0. The third-order valence-electron chi connectivity index (χ3n) is 3.06. The van der Waals surface area contributed by atoms with Crippen LogP contribution in [0.1, 0.15) is 35.8 Å². The molecule has 0 atom stereocenters. The van der Waals surface area contributed by atoms with Gasteiger partial charge in [0.2, 0.25) is 0 Å². The minimum Gasteiger partial charge on any atom is -0.237 e. The predicted octanol–water partition coefficient (Wildman–Crippen LogP) is 4.25. The second-order valence-corrected chi connectivity index (χ2v) is 5.37. The summed E-state index contributed by atoms with van der Waals surface area (Å²) in [5.74, 6) is 1.33. The zero-order valence-electron chi connectivity index (χ0n) is 9.74. The van der Waals surface area contributed by atoms with Crippen LogP contribution >= 0.6 is 23.2 Å². The van der Waals surface area contributed by atoms with Crippen LogP contribution in [-0.4, -0.2) is 9.97 Å². The first kappa shape index (κ1) is 11.9. The lowest BCUT2D eigenvalue weighted by atomic mass is 10.1. The van der Waals surface area contributed by atoms with E-state index in [1.165, 1.54) is 12.8 Å². The Morgan fingerprint density at radius 3 is 2.61 bits per heavy atom. The number of hydrogen-bond donors (Lipinski definition) is 0. The van der Waals surface area contributed by atoms with Gasteiger partial charge in [-0.05, 0) is 30.5 Å². The first-order chi connectivity index (χ1) is 8.72. The molecule has 4 heteroatoms. The van der Waals surface area contributed by atoms with Gasteiger partial charge in [-0.1, -0.05) is 41.4 Å². The van der Waals surface area contributed by atoms with E-state index in [1.807, 2.05) is 30.3 Å².